The molecule has 0 spiro atoms. The second-order valence-electron chi connectivity index (χ2n) is 5.12. The minimum Gasteiger partial charge on any atom is -0.327 e. The summed E-state index contributed by atoms with van der Waals surface area (Å²) in [5.41, 5.74) is 2.16. The first kappa shape index (κ1) is 15.5. The van der Waals surface area contributed by atoms with Crippen molar-refractivity contribution in [2.75, 3.05) is 5.32 Å². The number of carbonyl (C=O) groups is 1. The van der Waals surface area contributed by atoms with E-state index in [1.54, 1.807) is 13.0 Å². The summed E-state index contributed by atoms with van der Waals surface area (Å²) in [4.78, 5) is 26.0. The van der Waals surface area contributed by atoms with Gasteiger partial charge in [0.05, 0.1) is 5.69 Å². The fourth-order valence-electron chi connectivity index (χ4n) is 2.00. The average Bonchev–Trinajstić information content (AvgIpc) is 2.45. The topological polar surface area (TPSA) is 62.0 Å². The van der Waals surface area contributed by atoms with Crippen LogP contribution >= 0.6 is 15.9 Å². The third-order valence-electron chi connectivity index (χ3n) is 3.26. The van der Waals surface area contributed by atoms with E-state index >= 15 is 0 Å². The van der Waals surface area contributed by atoms with Gasteiger partial charge < -0.3 is 10.3 Å². The van der Waals surface area contributed by atoms with Crippen LogP contribution in [0.3, 0.4) is 0 Å². The highest BCUT2D eigenvalue weighted by Gasteiger charge is 2.14. The monoisotopic (exact) mass is 348 g/mol. The second kappa shape index (κ2) is 6.72. The summed E-state index contributed by atoms with van der Waals surface area (Å²) in [5, 5.41) is 2.82. The Kier molecular flexibility index (Phi) is 4.96. The third-order valence-corrected chi connectivity index (χ3v) is 3.79. The lowest BCUT2D eigenvalue weighted by Crippen LogP contribution is -2.23. The molecular weight excluding hydrogens is 332 g/mol. The van der Waals surface area contributed by atoms with E-state index in [2.05, 4.69) is 26.2 Å². The van der Waals surface area contributed by atoms with Gasteiger partial charge >= 0.3 is 0 Å². The number of nitrogens with one attached hydrogen (secondary N) is 2. The van der Waals surface area contributed by atoms with Crippen LogP contribution in [0, 0.1) is 12.8 Å². The van der Waals surface area contributed by atoms with Crippen molar-refractivity contribution in [3.8, 4) is 0 Å². The molecule has 1 aromatic carbocycles. The fourth-order valence-corrected chi connectivity index (χ4v) is 2.27. The van der Waals surface area contributed by atoms with Gasteiger partial charge in [0, 0.05) is 22.2 Å². The summed E-state index contributed by atoms with van der Waals surface area (Å²) in [5.74, 6) is -0.220. The number of halogens is 1. The number of anilines is 1. The number of hydrogen-bond acceptors (Lipinski definition) is 2. The van der Waals surface area contributed by atoms with Gasteiger partial charge in [0.1, 0.15) is 0 Å². The highest BCUT2D eigenvalue weighted by molar-refractivity contribution is 9.10. The maximum atomic E-state index is 12.2. The van der Waals surface area contributed by atoms with Crippen LogP contribution in [0.1, 0.15) is 18.1 Å². The molecule has 5 heteroatoms. The Bertz CT molecular complexity index is 692. The molecule has 2 aromatic rings. The van der Waals surface area contributed by atoms with E-state index < -0.39 is 0 Å². The predicted molar refractivity (Wildman–Crippen MR) is 87.4 cm³/mol. The van der Waals surface area contributed by atoms with Gasteiger partial charge in [0.2, 0.25) is 5.91 Å². The number of benzene rings is 1. The molecule has 2 N–H and O–H groups in total. The van der Waals surface area contributed by atoms with E-state index in [1.165, 1.54) is 6.20 Å². The van der Waals surface area contributed by atoms with Crippen LogP contribution in [-0.4, -0.2) is 10.9 Å². The van der Waals surface area contributed by atoms with Crippen molar-refractivity contribution < 1.29 is 4.79 Å². The van der Waals surface area contributed by atoms with Crippen molar-refractivity contribution in [3.63, 3.8) is 0 Å². The molecule has 0 aliphatic heterocycles. The minimum atomic E-state index is -0.154. The van der Waals surface area contributed by atoms with Crippen molar-refractivity contribution in [3.05, 3.63) is 62.5 Å². The molecule has 0 aliphatic rings. The Morgan fingerprint density at radius 2 is 2.00 bits per heavy atom. The highest BCUT2D eigenvalue weighted by atomic mass is 79.9. The zero-order chi connectivity index (χ0) is 15.4. The Hall–Kier alpha value is -1.88. The fraction of sp³-hybridized carbons (Fsp3) is 0.250. The van der Waals surface area contributed by atoms with Gasteiger partial charge in [-0.1, -0.05) is 35.0 Å². The standard InChI is InChI=1S/C16H17BrN2O2/c1-10(7-12-3-5-13(17)6-4-12)16(21)19-14-8-11(2)15(20)18-9-14/h3-6,8-10H,7H2,1-2H3,(H,18,20)(H,19,21)/t10-/m0/s1. The quantitative estimate of drug-likeness (QED) is 0.890. The minimum absolute atomic E-state index is 0.0654. The van der Waals surface area contributed by atoms with Crippen LogP contribution in [0.25, 0.3) is 0 Å². The van der Waals surface area contributed by atoms with Crippen LogP contribution in [0.2, 0.25) is 0 Å². The number of rotatable bonds is 4. The zero-order valence-electron chi connectivity index (χ0n) is 11.9. The number of pyridine rings is 1. The number of aromatic nitrogens is 1. The largest absolute Gasteiger partial charge is 0.327 e. The van der Waals surface area contributed by atoms with Gasteiger partial charge in [0.25, 0.3) is 5.56 Å². The van der Waals surface area contributed by atoms with Gasteiger partial charge in [-0.3, -0.25) is 9.59 Å². The Labute approximate surface area is 131 Å². The summed E-state index contributed by atoms with van der Waals surface area (Å²) in [6.45, 7) is 3.59. The Morgan fingerprint density at radius 3 is 2.62 bits per heavy atom. The van der Waals surface area contributed by atoms with E-state index in [1.807, 2.05) is 31.2 Å². The highest BCUT2D eigenvalue weighted by Crippen LogP contribution is 2.15. The number of aryl methyl sites for hydroxylation is 1. The predicted octanol–water partition coefficient (Wildman–Crippen LogP) is 3.26. The Morgan fingerprint density at radius 1 is 1.33 bits per heavy atom. The van der Waals surface area contributed by atoms with E-state index in [0.29, 0.717) is 17.7 Å². The summed E-state index contributed by atoms with van der Waals surface area (Å²) in [6, 6.07) is 9.59. The second-order valence-corrected chi connectivity index (χ2v) is 6.04. The van der Waals surface area contributed by atoms with E-state index in [4.69, 9.17) is 0 Å². The lowest BCUT2D eigenvalue weighted by atomic mass is 10.0. The first-order valence-corrected chi connectivity index (χ1v) is 7.49. The number of hydrogen-bond donors (Lipinski definition) is 2. The normalized spacial score (nSPS) is 12.0. The molecule has 1 heterocycles. The molecular formula is C16H17BrN2O2. The zero-order valence-corrected chi connectivity index (χ0v) is 13.5. The van der Waals surface area contributed by atoms with Crippen molar-refractivity contribution in [1.29, 1.82) is 0 Å². The van der Waals surface area contributed by atoms with Crippen molar-refractivity contribution in [2.45, 2.75) is 20.3 Å². The molecule has 0 bridgehead atoms. The molecule has 0 unspecified atom stereocenters. The molecule has 0 fully saturated rings. The molecule has 0 saturated heterocycles. The van der Waals surface area contributed by atoms with Crippen LogP contribution in [0.15, 0.2) is 45.8 Å². The molecule has 21 heavy (non-hydrogen) atoms. The van der Waals surface area contributed by atoms with Gasteiger partial charge in [-0.05, 0) is 37.1 Å². The smallest absolute Gasteiger partial charge is 0.250 e. The van der Waals surface area contributed by atoms with Crippen LogP contribution in [-0.2, 0) is 11.2 Å². The number of H-pyrrole nitrogens is 1. The maximum absolute atomic E-state index is 12.2. The van der Waals surface area contributed by atoms with Gasteiger partial charge in [-0.2, -0.15) is 0 Å². The van der Waals surface area contributed by atoms with E-state index in [-0.39, 0.29) is 17.4 Å². The van der Waals surface area contributed by atoms with Crippen molar-refractivity contribution in [1.82, 2.24) is 4.98 Å². The lowest BCUT2D eigenvalue weighted by molar-refractivity contribution is -0.119. The molecule has 1 aromatic heterocycles. The molecule has 2 rings (SSSR count). The van der Waals surface area contributed by atoms with Gasteiger partial charge in [0.15, 0.2) is 0 Å². The molecule has 4 nitrogen and oxygen atoms in total. The molecule has 1 amide bonds. The Balaban J connectivity index is 2.00. The van der Waals surface area contributed by atoms with Crippen molar-refractivity contribution in [2.24, 2.45) is 5.92 Å². The molecule has 0 saturated carbocycles. The average molecular weight is 349 g/mol. The van der Waals surface area contributed by atoms with Crippen molar-refractivity contribution >= 4 is 27.5 Å². The number of carbonyl (C=O) groups excluding carboxylic acids is 1. The summed E-state index contributed by atoms with van der Waals surface area (Å²) in [6.07, 6.45) is 2.18. The van der Waals surface area contributed by atoms with Crippen LogP contribution in [0.4, 0.5) is 5.69 Å². The number of aromatic amines is 1. The summed E-state index contributed by atoms with van der Waals surface area (Å²) < 4.78 is 1.02. The number of amides is 1. The lowest BCUT2D eigenvalue weighted by Gasteiger charge is -2.12. The summed E-state index contributed by atoms with van der Waals surface area (Å²) in [7, 11) is 0. The van der Waals surface area contributed by atoms with Gasteiger partial charge in [-0.25, -0.2) is 0 Å². The molecule has 1 atom stereocenters. The van der Waals surface area contributed by atoms with Crippen LogP contribution in [0.5, 0.6) is 0 Å². The third kappa shape index (κ3) is 4.29. The van der Waals surface area contributed by atoms with E-state index in [0.717, 1.165) is 10.0 Å². The maximum Gasteiger partial charge on any atom is 0.250 e. The summed E-state index contributed by atoms with van der Waals surface area (Å²) >= 11 is 3.39. The van der Waals surface area contributed by atoms with Gasteiger partial charge in [-0.15, -0.1) is 0 Å². The van der Waals surface area contributed by atoms with E-state index in [9.17, 15) is 9.59 Å². The SMILES string of the molecule is Cc1cc(NC(=O)[C@@H](C)Cc2ccc(Br)cc2)c[nH]c1=O. The first-order chi connectivity index (χ1) is 9.95. The molecule has 110 valence electrons. The first-order valence-electron chi connectivity index (χ1n) is 6.70. The molecule has 0 aliphatic carbocycles. The van der Waals surface area contributed by atoms with Crippen LogP contribution < -0.4 is 10.9 Å². The molecule has 0 radical (unpaired) electrons.